The van der Waals surface area contributed by atoms with Crippen LogP contribution in [0.1, 0.15) is 16.8 Å². The molecule has 0 bridgehead atoms. The summed E-state index contributed by atoms with van der Waals surface area (Å²) in [5.74, 6) is -0.212. The molecular formula is C10H11BrN4O2. The van der Waals surface area contributed by atoms with E-state index in [2.05, 4.69) is 31.5 Å². The number of nitrogen functional groups attached to an aromatic ring is 1. The van der Waals surface area contributed by atoms with Gasteiger partial charge in [0.1, 0.15) is 5.82 Å². The number of amides is 2. The topological polar surface area (TPSA) is 97.1 Å². The number of nitrogens with one attached hydrogen (secondary N) is 2. The number of rotatable bonds is 2. The van der Waals surface area contributed by atoms with Gasteiger partial charge >= 0.3 is 0 Å². The summed E-state index contributed by atoms with van der Waals surface area (Å²) in [7, 11) is 0. The van der Waals surface area contributed by atoms with Crippen molar-refractivity contribution in [2.45, 2.75) is 12.5 Å². The molecule has 0 saturated carbocycles. The van der Waals surface area contributed by atoms with Crippen LogP contribution in [0.4, 0.5) is 5.82 Å². The highest BCUT2D eigenvalue weighted by molar-refractivity contribution is 9.10. The molecule has 1 unspecified atom stereocenters. The van der Waals surface area contributed by atoms with Crippen LogP contribution in [-0.2, 0) is 4.79 Å². The largest absolute Gasteiger partial charge is 0.383 e. The van der Waals surface area contributed by atoms with Crippen LogP contribution in [0, 0.1) is 0 Å². The van der Waals surface area contributed by atoms with E-state index < -0.39 is 0 Å². The first-order valence-electron chi connectivity index (χ1n) is 5.05. The summed E-state index contributed by atoms with van der Waals surface area (Å²) < 4.78 is 0.678. The molecule has 2 rings (SSSR count). The van der Waals surface area contributed by atoms with Crippen molar-refractivity contribution in [3.05, 3.63) is 22.3 Å². The molecule has 1 fully saturated rings. The van der Waals surface area contributed by atoms with Gasteiger partial charge in [0.05, 0.1) is 11.6 Å². The lowest BCUT2D eigenvalue weighted by atomic mass is 10.2. The number of halogens is 1. The highest BCUT2D eigenvalue weighted by atomic mass is 79.9. The molecule has 1 aliphatic rings. The van der Waals surface area contributed by atoms with Crippen molar-refractivity contribution in [2.24, 2.45) is 0 Å². The molecule has 1 aromatic rings. The molecule has 0 aliphatic carbocycles. The van der Waals surface area contributed by atoms with Crippen LogP contribution in [0.5, 0.6) is 0 Å². The molecule has 2 amide bonds. The van der Waals surface area contributed by atoms with Crippen LogP contribution < -0.4 is 16.4 Å². The van der Waals surface area contributed by atoms with Crippen molar-refractivity contribution < 1.29 is 9.59 Å². The lowest BCUT2D eigenvalue weighted by Gasteiger charge is -2.11. The smallest absolute Gasteiger partial charge is 0.255 e. The zero-order valence-corrected chi connectivity index (χ0v) is 10.5. The molecule has 0 radical (unpaired) electrons. The zero-order chi connectivity index (χ0) is 12.4. The maximum Gasteiger partial charge on any atom is 0.255 e. The molecule has 1 saturated heterocycles. The number of carbonyl (C=O) groups is 2. The Kier molecular flexibility index (Phi) is 3.28. The summed E-state index contributed by atoms with van der Waals surface area (Å²) in [6.45, 7) is 0.450. The zero-order valence-electron chi connectivity index (χ0n) is 8.87. The van der Waals surface area contributed by atoms with Crippen LogP contribution in [0.3, 0.4) is 0 Å². The predicted octanol–water partition coefficient (Wildman–Crippen LogP) is 0.0446. The first-order valence-corrected chi connectivity index (χ1v) is 5.84. The van der Waals surface area contributed by atoms with Gasteiger partial charge in [-0.2, -0.15) is 0 Å². The Hall–Kier alpha value is -1.63. The van der Waals surface area contributed by atoms with Gasteiger partial charge in [0.15, 0.2) is 0 Å². The third kappa shape index (κ3) is 2.73. The lowest BCUT2D eigenvalue weighted by Crippen LogP contribution is -2.36. The molecule has 7 heteroatoms. The van der Waals surface area contributed by atoms with Crippen molar-refractivity contribution in [3.63, 3.8) is 0 Å². The van der Waals surface area contributed by atoms with Gasteiger partial charge < -0.3 is 16.4 Å². The van der Waals surface area contributed by atoms with Gasteiger partial charge in [-0.3, -0.25) is 9.59 Å². The van der Waals surface area contributed by atoms with E-state index in [0.717, 1.165) is 0 Å². The normalized spacial score (nSPS) is 18.9. The summed E-state index contributed by atoms with van der Waals surface area (Å²) in [5, 5.41) is 5.37. The lowest BCUT2D eigenvalue weighted by molar-refractivity contribution is -0.119. The highest BCUT2D eigenvalue weighted by Gasteiger charge is 2.24. The second kappa shape index (κ2) is 4.70. The van der Waals surface area contributed by atoms with Gasteiger partial charge in [-0.25, -0.2) is 4.98 Å². The maximum absolute atomic E-state index is 11.9. The van der Waals surface area contributed by atoms with E-state index in [1.165, 1.54) is 6.20 Å². The van der Waals surface area contributed by atoms with Gasteiger partial charge in [0.25, 0.3) is 5.91 Å². The quantitative estimate of drug-likeness (QED) is 0.718. The number of nitrogens with two attached hydrogens (primary N) is 1. The minimum absolute atomic E-state index is 0.0596. The Morgan fingerprint density at radius 2 is 2.41 bits per heavy atom. The van der Waals surface area contributed by atoms with Gasteiger partial charge in [0.2, 0.25) is 5.91 Å². The monoisotopic (exact) mass is 298 g/mol. The summed E-state index contributed by atoms with van der Waals surface area (Å²) in [4.78, 5) is 26.8. The van der Waals surface area contributed by atoms with Gasteiger partial charge in [0, 0.05) is 23.6 Å². The number of hydrogen-bond acceptors (Lipinski definition) is 4. The van der Waals surface area contributed by atoms with E-state index in [0.29, 0.717) is 23.0 Å². The van der Waals surface area contributed by atoms with E-state index in [-0.39, 0.29) is 23.7 Å². The molecule has 0 aromatic carbocycles. The van der Waals surface area contributed by atoms with E-state index in [1.807, 2.05) is 0 Å². The van der Waals surface area contributed by atoms with Gasteiger partial charge in [-0.15, -0.1) is 0 Å². The minimum Gasteiger partial charge on any atom is -0.383 e. The van der Waals surface area contributed by atoms with Crippen LogP contribution in [-0.4, -0.2) is 29.4 Å². The second-order valence-electron chi connectivity index (χ2n) is 3.76. The van der Waals surface area contributed by atoms with E-state index in [4.69, 9.17) is 5.73 Å². The minimum atomic E-state index is -0.321. The molecule has 17 heavy (non-hydrogen) atoms. The third-order valence-corrected chi connectivity index (χ3v) is 2.88. The van der Waals surface area contributed by atoms with Crippen molar-refractivity contribution in [2.75, 3.05) is 12.3 Å². The first kappa shape index (κ1) is 11.8. The molecule has 1 aromatic heterocycles. The third-order valence-electron chi connectivity index (χ3n) is 2.44. The molecule has 90 valence electrons. The van der Waals surface area contributed by atoms with Crippen LogP contribution in [0.25, 0.3) is 0 Å². The number of hydrogen-bond donors (Lipinski definition) is 3. The van der Waals surface area contributed by atoms with Crippen molar-refractivity contribution in [1.82, 2.24) is 15.6 Å². The number of anilines is 1. The van der Waals surface area contributed by atoms with E-state index in [1.54, 1.807) is 6.07 Å². The number of nitrogens with zero attached hydrogens (tertiary/aromatic N) is 1. The summed E-state index contributed by atoms with van der Waals surface area (Å²) in [6, 6.07) is 1.41. The Balaban J connectivity index is 2.09. The highest BCUT2D eigenvalue weighted by Crippen LogP contribution is 2.15. The average Bonchev–Trinajstić information content (AvgIpc) is 2.67. The van der Waals surface area contributed by atoms with Crippen LogP contribution >= 0.6 is 15.9 Å². The Labute approximate surface area is 106 Å². The Morgan fingerprint density at radius 1 is 1.65 bits per heavy atom. The Bertz CT molecular complexity index is 477. The molecule has 1 aliphatic heterocycles. The van der Waals surface area contributed by atoms with Crippen LogP contribution in [0.15, 0.2) is 16.7 Å². The van der Waals surface area contributed by atoms with Crippen molar-refractivity contribution >= 4 is 33.6 Å². The summed E-state index contributed by atoms with van der Waals surface area (Å²) in [6.07, 6.45) is 1.82. The van der Waals surface area contributed by atoms with Crippen molar-refractivity contribution in [1.29, 1.82) is 0 Å². The second-order valence-corrected chi connectivity index (χ2v) is 4.68. The van der Waals surface area contributed by atoms with E-state index >= 15 is 0 Å². The fourth-order valence-corrected chi connectivity index (χ4v) is 1.93. The fraction of sp³-hybridized carbons (Fsp3) is 0.300. The SMILES string of the molecule is Nc1ncc(Br)cc1C(=O)NC1CNC(=O)C1. The average molecular weight is 299 g/mol. The molecule has 6 nitrogen and oxygen atoms in total. The number of pyridine rings is 1. The number of aromatic nitrogens is 1. The molecule has 0 spiro atoms. The predicted molar refractivity (Wildman–Crippen MR) is 65.2 cm³/mol. The van der Waals surface area contributed by atoms with Gasteiger partial charge in [-0.05, 0) is 22.0 Å². The van der Waals surface area contributed by atoms with Crippen molar-refractivity contribution in [3.8, 4) is 0 Å². The van der Waals surface area contributed by atoms with Crippen LogP contribution in [0.2, 0.25) is 0 Å². The van der Waals surface area contributed by atoms with Gasteiger partial charge in [-0.1, -0.05) is 0 Å². The standard InChI is InChI=1S/C10H11BrN4O2/c11-5-1-7(9(12)14-3-5)10(17)15-6-2-8(16)13-4-6/h1,3,6H,2,4H2,(H2,12,14)(H,13,16)(H,15,17). The van der Waals surface area contributed by atoms with E-state index in [9.17, 15) is 9.59 Å². The summed E-state index contributed by atoms with van der Waals surface area (Å²) >= 11 is 3.22. The summed E-state index contributed by atoms with van der Waals surface area (Å²) in [5.41, 5.74) is 5.92. The molecule has 1 atom stereocenters. The molecular weight excluding hydrogens is 288 g/mol. The fourth-order valence-electron chi connectivity index (χ4n) is 1.60. The number of carbonyl (C=O) groups excluding carboxylic acids is 2. The molecule has 4 N–H and O–H groups in total. The maximum atomic E-state index is 11.9. The first-order chi connectivity index (χ1) is 8.06. The molecule has 2 heterocycles. The Morgan fingerprint density at radius 3 is 3.06 bits per heavy atom.